The summed E-state index contributed by atoms with van der Waals surface area (Å²) in [5.41, 5.74) is -0.648. The number of carboxylic acids is 1. The number of rotatable bonds is 1. The molecule has 0 spiro atoms. The van der Waals surface area contributed by atoms with E-state index in [-0.39, 0.29) is 10.2 Å². The maximum absolute atomic E-state index is 13.4. The summed E-state index contributed by atoms with van der Waals surface area (Å²) in [5.74, 6) is -1.86. The molecule has 2 aliphatic heterocycles. The lowest BCUT2D eigenvalue weighted by molar-refractivity contribution is -0.223. The van der Waals surface area contributed by atoms with E-state index in [1.165, 1.54) is 0 Å². The minimum Gasteiger partial charge on any atom is -0.479 e. The first kappa shape index (κ1) is 11.0. The van der Waals surface area contributed by atoms with E-state index >= 15 is 0 Å². The van der Waals surface area contributed by atoms with Crippen LogP contribution in [-0.4, -0.2) is 50.6 Å². The second-order valence-electron chi connectivity index (χ2n) is 3.23. The number of halogens is 4. The van der Waals surface area contributed by atoms with Gasteiger partial charge in [0.1, 0.15) is 12.4 Å². The van der Waals surface area contributed by atoms with Crippen LogP contribution in [0.25, 0.3) is 0 Å². The van der Waals surface area contributed by atoms with Gasteiger partial charge in [-0.05, 0) is 0 Å². The zero-order chi connectivity index (χ0) is 12.0. The van der Waals surface area contributed by atoms with Crippen LogP contribution in [-0.2, 0) is 4.79 Å². The molecule has 10 heteroatoms. The number of aliphatic carboxylic acids is 1. The van der Waals surface area contributed by atoms with Crippen molar-refractivity contribution in [1.29, 1.82) is 0 Å². The molecule has 6 nitrogen and oxygen atoms in total. The summed E-state index contributed by atoms with van der Waals surface area (Å²) in [6, 6.07) is 0. The molecular formula is C6H6F4N4O2. The first-order valence-corrected chi connectivity index (χ1v) is 4.12. The highest BCUT2D eigenvalue weighted by Crippen LogP contribution is 2.34. The van der Waals surface area contributed by atoms with Crippen LogP contribution >= 0.6 is 0 Å². The molecule has 2 aliphatic rings. The number of hydrogen-bond donors (Lipinski definition) is 1. The van der Waals surface area contributed by atoms with E-state index < -0.39 is 40.9 Å². The van der Waals surface area contributed by atoms with Crippen LogP contribution < -0.4 is 0 Å². The first-order valence-electron chi connectivity index (χ1n) is 4.12. The van der Waals surface area contributed by atoms with Gasteiger partial charge in [-0.3, -0.25) is 0 Å². The van der Waals surface area contributed by atoms with E-state index in [0.29, 0.717) is 6.20 Å². The normalized spacial score (nSPS) is 31.6. The maximum Gasteiger partial charge on any atom is 0.346 e. The summed E-state index contributed by atoms with van der Waals surface area (Å²) in [4.78, 5) is 10.5. The highest BCUT2D eigenvalue weighted by molar-refractivity contribution is 5.73. The lowest BCUT2D eigenvalue weighted by Crippen LogP contribution is -2.54. The third-order valence-corrected chi connectivity index (χ3v) is 2.25. The van der Waals surface area contributed by atoms with Crippen molar-refractivity contribution < 1.29 is 27.8 Å². The Hall–Kier alpha value is -1.55. The van der Waals surface area contributed by atoms with Gasteiger partial charge in [-0.2, -0.15) is 10.2 Å². The van der Waals surface area contributed by atoms with Crippen molar-refractivity contribution in [3.05, 3.63) is 11.9 Å². The average molecular weight is 242 g/mol. The summed E-state index contributed by atoms with van der Waals surface area (Å²) in [6.07, 6.45) is -3.82. The number of carboxylic acid groups (broad SMARTS) is 1. The molecule has 1 saturated heterocycles. The van der Waals surface area contributed by atoms with E-state index in [2.05, 4.69) is 0 Å². The van der Waals surface area contributed by atoms with Gasteiger partial charge in [0, 0.05) is 0 Å². The predicted molar refractivity (Wildman–Crippen MR) is 39.9 cm³/mol. The van der Waals surface area contributed by atoms with Crippen LogP contribution in [0.3, 0.4) is 0 Å². The molecule has 0 radical (unpaired) electrons. The maximum atomic E-state index is 13.4. The summed E-state index contributed by atoms with van der Waals surface area (Å²) in [6.45, 7) is -0.920. The highest BCUT2D eigenvalue weighted by atomic mass is 19.2. The van der Waals surface area contributed by atoms with E-state index in [9.17, 15) is 22.7 Å². The fourth-order valence-corrected chi connectivity index (χ4v) is 1.57. The first-order chi connectivity index (χ1) is 7.43. The van der Waals surface area contributed by atoms with Gasteiger partial charge in [0.05, 0.1) is 6.20 Å². The smallest absolute Gasteiger partial charge is 0.346 e. The molecule has 0 amide bonds. The van der Waals surface area contributed by atoms with Crippen molar-refractivity contribution in [2.75, 3.05) is 6.67 Å². The molecule has 2 unspecified atom stereocenters. The van der Waals surface area contributed by atoms with E-state index in [1.807, 2.05) is 0 Å². The number of hydrogen-bond acceptors (Lipinski definition) is 5. The zero-order valence-corrected chi connectivity index (χ0v) is 7.60. The SMILES string of the molecule is O=C(O)C1N(F)C=C2C(N(F)CN2F)N1F. The van der Waals surface area contributed by atoms with Gasteiger partial charge >= 0.3 is 5.97 Å². The van der Waals surface area contributed by atoms with E-state index in [4.69, 9.17) is 5.11 Å². The van der Waals surface area contributed by atoms with E-state index in [1.54, 1.807) is 0 Å². The van der Waals surface area contributed by atoms with Crippen LogP contribution in [0.15, 0.2) is 11.9 Å². The molecule has 2 atom stereocenters. The Kier molecular flexibility index (Phi) is 2.39. The molecule has 2 rings (SSSR count). The molecule has 1 fully saturated rings. The summed E-state index contributed by atoms with van der Waals surface area (Å²) in [7, 11) is 0. The van der Waals surface area contributed by atoms with Crippen LogP contribution in [0.2, 0.25) is 0 Å². The van der Waals surface area contributed by atoms with Crippen LogP contribution in [0.4, 0.5) is 17.9 Å². The van der Waals surface area contributed by atoms with Gasteiger partial charge in [-0.1, -0.05) is 19.2 Å². The largest absolute Gasteiger partial charge is 0.479 e. The second kappa shape index (κ2) is 3.49. The van der Waals surface area contributed by atoms with Crippen LogP contribution in [0, 0.1) is 0 Å². The Morgan fingerprint density at radius 1 is 1.38 bits per heavy atom. The number of carbonyl (C=O) groups is 1. The van der Waals surface area contributed by atoms with Crippen molar-refractivity contribution in [2.45, 2.75) is 12.3 Å². The standard InChI is InChI=1S/C6H6F4N4O2/c7-11-1-3-4(13(9)2-12(3)8)14(10)5(11)6(15)16/h1,4-5H,2H2,(H,15,16). The Labute approximate surface area is 86.3 Å². The fourth-order valence-electron chi connectivity index (χ4n) is 1.57. The zero-order valence-electron chi connectivity index (χ0n) is 7.60. The van der Waals surface area contributed by atoms with Gasteiger partial charge in [-0.15, -0.1) is 8.96 Å². The molecule has 0 saturated carbocycles. The third kappa shape index (κ3) is 1.38. The topological polar surface area (TPSA) is 50.3 Å². The molecule has 1 N–H and O–H groups in total. The van der Waals surface area contributed by atoms with Gasteiger partial charge in [0.15, 0.2) is 6.17 Å². The summed E-state index contributed by atoms with van der Waals surface area (Å²) < 4.78 is 52.4. The number of fused-ring (bicyclic) bond motifs is 1. The van der Waals surface area contributed by atoms with Gasteiger partial charge in [0.2, 0.25) is 6.17 Å². The predicted octanol–water partition coefficient (Wildman–Crippen LogP) is 0.295. The molecule has 90 valence electrons. The Balaban J connectivity index is 2.37. The summed E-state index contributed by atoms with van der Waals surface area (Å²) in [5, 5.41) is 6.85. The van der Waals surface area contributed by atoms with Gasteiger partial charge < -0.3 is 5.11 Å². The monoisotopic (exact) mass is 242 g/mol. The van der Waals surface area contributed by atoms with Crippen molar-refractivity contribution in [3.8, 4) is 0 Å². The quantitative estimate of drug-likeness (QED) is 0.527. The van der Waals surface area contributed by atoms with Crippen molar-refractivity contribution >= 4 is 5.97 Å². The Bertz CT molecular complexity index is 353. The lowest BCUT2D eigenvalue weighted by atomic mass is 10.3. The Morgan fingerprint density at radius 2 is 2.00 bits per heavy atom. The highest BCUT2D eigenvalue weighted by Gasteiger charge is 2.51. The van der Waals surface area contributed by atoms with E-state index in [0.717, 1.165) is 0 Å². The van der Waals surface area contributed by atoms with Crippen LogP contribution in [0.1, 0.15) is 0 Å². The summed E-state index contributed by atoms with van der Waals surface area (Å²) >= 11 is 0. The molecule has 0 aromatic heterocycles. The van der Waals surface area contributed by atoms with Gasteiger partial charge in [-0.25, -0.2) is 4.79 Å². The average Bonchev–Trinajstić information content (AvgIpc) is 2.41. The minimum atomic E-state index is -2.33. The van der Waals surface area contributed by atoms with Crippen LogP contribution in [0.5, 0.6) is 0 Å². The fraction of sp³-hybridized carbons (Fsp3) is 0.500. The molecule has 0 bridgehead atoms. The van der Waals surface area contributed by atoms with Gasteiger partial charge in [0.25, 0.3) is 0 Å². The van der Waals surface area contributed by atoms with Crippen molar-refractivity contribution in [1.82, 2.24) is 20.5 Å². The molecular weight excluding hydrogens is 236 g/mol. The second-order valence-corrected chi connectivity index (χ2v) is 3.23. The Morgan fingerprint density at radius 3 is 2.56 bits per heavy atom. The molecule has 0 aromatic carbocycles. The minimum absolute atomic E-state index is 0.220. The molecule has 16 heavy (non-hydrogen) atoms. The van der Waals surface area contributed by atoms with Crippen molar-refractivity contribution in [3.63, 3.8) is 0 Å². The van der Waals surface area contributed by atoms with Crippen molar-refractivity contribution in [2.24, 2.45) is 0 Å². The molecule has 2 heterocycles. The lowest BCUT2D eigenvalue weighted by Gasteiger charge is -2.33. The molecule has 0 aliphatic carbocycles. The number of nitrogens with zero attached hydrogens (tertiary/aromatic N) is 4. The third-order valence-electron chi connectivity index (χ3n) is 2.25. The molecule has 0 aromatic rings.